The van der Waals surface area contributed by atoms with Gasteiger partial charge in [-0.1, -0.05) is 0 Å². The van der Waals surface area contributed by atoms with Crippen LogP contribution in [-0.2, 0) is 6.54 Å². The summed E-state index contributed by atoms with van der Waals surface area (Å²) in [4.78, 5) is 8.18. The second-order valence-corrected chi connectivity index (χ2v) is 6.01. The third-order valence-electron chi connectivity index (χ3n) is 4.25. The first-order chi connectivity index (χ1) is 13.5. The fourth-order valence-electron chi connectivity index (χ4n) is 3.05. The largest absolute Gasteiger partial charge is 0.324 e. The molecular weight excluding hydrogens is 374 g/mol. The van der Waals surface area contributed by atoms with E-state index in [9.17, 15) is 22.8 Å². The first kappa shape index (κ1) is 17.7. The molecule has 3 heterocycles. The van der Waals surface area contributed by atoms with Crippen molar-refractivity contribution in [3.05, 3.63) is 66.4 Å². The highest BCUT2D eigenvalue weighted by molar-refractivity contribution is 5.79. The molecule has 0 fully saturated rings. The van der Waals surface area contributed by atoms with Crippen LogP contribution in [0.2, 0.25) is 0 Å². The van der Waals surface area contributed by atoms with Gasteiger partial charge in [-0.25, -0.2) is 27.5 Å². The van der Waals surface area contributed by atoms with Crippen LogP contribution in [0.5, 0.6) is 0 Å². The number of alkyl halides is 2. The zero-order chi connectivity index (χ0) is 19.8. The van der Waals surface area contributed by atoms with E-state index in [1.165, 1.54) is 27.6 Å². The lowest BCUT2D eigenvalue weighted by Gasteiger charge is -2.11. The van der Waals surface area contributed by atoms with E-state index in [0.717, 1.165) is 6.07 Å². The van der Waals surface area contributed by atoms with Crippen molar-refractivity contribution in [1.82, 2.24) is 18.9 Å². The lowest BCUT2D eigenvalue weighted by Crippen LogP contribution is -2.07. The normalized spacial score (nSPS) is 11.3. The summed E-state index contributed by atoms with van der Waals surface area (Å²) in [5.74, 6) is -1.61. The number of hydrogen-bond acceptors (Lipinski definition) is 3. The van der Waals surface area contributed by atoms with Gasteiger partial charge in [0.1, 0.15) is 29.0 Å². The summed E-state index contributed by atoms with van der Waals surface area (Å²) in [5, 5.41) is 9.20. The molecule has 9 heteroatoms. The van der Waals surface area contributed by atoms with Crippen molar-refractivity contribution in [3.8, 4) is 28.6 Å². The number of halogens is 4. The first-order valence-corrected chi connectivity index (χ1v) is 8.14. The Hall–Kier alpha value is -3.67. The molecule has 4 aromatic rings. The van der Waals surface area contributed by atoms with E-state index < -0.39 is 24.6 Å². The van der Waals surface area contributed by atoms with Crippen molar-refractivity contribution in [2.45, 2.75) is 13.0 Å². The number of imidazole rings is 2. The van der Waals surface area contributed by atoms with Gasteiger partial charge in [0.05, 0.1) is 30.5 Å². The van der Waals surface area contributed by atoms with Crippen LogP contribution in [-0.4, -0.2) is 25.4 Å². The monoisotopic (exact) mass is 385 g/mol. The average Bonchev–Trinajstić information content (AvgIpc) is 3.24. The number of hydrogen-bond donors (Lipinski definition) is 0. The lowest BCUT2D eigenvalue weighted by molar-refractivity contribution is 0.127. The highest BCUT2D eigenvalue weighted by Crippen LogP contribution is 2.33. The Morgan fingerprint density at radius 2 is 1.93 bits per heavy atom. The van der Waals surface area contributed by atoms with E-state index in [1.54, 1.807) is 18.3 Å². The number of nitrogens with zero attached hydrogens (tertiary/aromatic N) is 5. The van der Waals surface area contributed by atoms with E-state index in [2.05, 4.69) is 9.97 Å². The van der Waals surface area contributed by atoms with Crippen LogP contribution in [0.4, 0.5) is 17.6 Å². The summed E-state index contributed by atoms with van der Waals surface area (Å²) in [7, 11) is 0. The van der Waals surface area contributed by atoms with Crippen LogP contribution in [0, 0.1) is 23.0 Å². The molecule has 0 atom stereocenters. The number of fused-ring (bicyclic) bond motifs is 1. The molecular formula is C19H11F4N5. The van der Waals surface area contributed by atoms with Gasteiger partial charge in [-0.15, -0.1) is 0 Å². The predicted octanol–water partition coefficient (Wildman–Crippen LogP) is 4.28. The van der Waals surface area contributed by atoms with Gasteiger partial charge < -0.3 is 4.57 Å². The molecule has 0 bridgehead atoms. The van der Waals surface area contributed by atoms with Gasteiger partial charge in [0.15, 0.2) is 0 Å². The fraction of sp³-hybridized carbons (Fsp3) is 0.105. The van der Waals surface area contributed by atoms with Crippen molar-refractivity contribution < 1.29 is 17.6 Å². The van der Waals surface area contributed by atoms with Crippen LogP contribution in [0.15, 0.2) is 49.1 Å². The van der Waals surface area contributed by atoms with Crippen molar-refractivity contribution in [1.29, 1.82) is 5.26 Å². The van der Waals surface area contributed by atoms with E-state index in [4.69, 9.17) is 0 Å². The van der Waals surface area contributed by atoms with Crippen molar-refractivity contribution in [3.63, 3.8) is 0 Å². The molecule has 0 aliphatic carbocycles. The molecule has 0 amide bonds. The van der Waals surface area contributed by atoms with Gasteiger partial charge in [-0.05, 0) is 24.3 Å². The van der Waals surface area contributed by atoms with E-state index in [0.29, 0.717) is 17.3 Å². The Balaban J connectivity index is 1.96. The molecule has 140 valence electrons. The fourth-order valence-corrected chi connectivity index (χ4v) is 3.05. The minimum absolute atomic E-state index is 0.0179. The zero-order valence-electron chi connectivity index (χ0n) is 14.2. The molecule has 0 unspecified atom stereocenters. The van der Waals surface area contributed by atoms with Crippen molar-refractivity contribution in [2.24, 2.45) is 0 Å². The minimum atomic E-state index is -2.66. The van der Waals surface area contributed by atoms with Gasteiger partial charge in [0, 0.05) is 23.4 Å². The van der Waals surface area contributed by atoms with E-state index in [1.807, 2.05) is 6.07 Å². The Labute approximate surface area is 156 Å². The smallest absolute Gasteiger partial charge is 0.256 e. The maximum atomic E-state index is 14.3. The highest BCUT2D eigenvalue weighted by Gasteiger charge is 2.21. The number of pyridine rings is 1. The van der Waals surface area contributed by atoms with E-state index >= 15 is 0 Å². The summed E-state index contributed by atoms with van der Waals surface area (Å²) < 4.78 is 56.4. The third kappa shape index (κ3) is 2.99. The van der Waals surface area contributed by atoms with E-state index in [-0.39, 0.29) is 22.6 Å². The van der Waals surface area contributed by atoms with Crippen molar-refractivity contribution in [2.75, 3.05) is 0 Å². The molecule has 0 saturated carbocycles. The molecule has 3 aromatic heterocycles. The van der Waals surface area contributed by atoms with Gasteiger partial charge in [-0.3, -0.25) is 4.40 Å². The Morgan fingerprint density at radius 3 is 2.64 bits per heavy atom. The van der Waals surface area contributed by atoms with Gasteiger partial charge in [0.2, 0.25) is 0 Å². The Kier molecular flexibility index (Phi) is 4.31. The maximum Gasteiger partial charge on any atom is 0.256 e. The standard InChI is InChI=1S/C19H11F4N5/c20-12-2-3-14(15(21)5-12)18-19(27(10-26-18)9-16(22)23)11-1-4-17-25-7-13(6-24)28(17)8-11/h1-5,7-8,10,16H,9H2. The molecule has 0 aliphatic rings. The van der Waals surface area contributed by atoms with Crippen molar-refractivity contribution >= 4 is 5.65 Å². The summed E-state index contributed by atoms with van der Waals surface area (Å²) in [6.45, 7) is -0.655. The molecule has 0 aliphatic heterocycles. The summed E-state index contributed by atoms with van der Waals surface area (Å²) in [6.07, 6.45) is 1.45. The Morgan fingerprint density at radius 1 is 1.11 bits per heavy atom. The number of rotatable bonds is 4. The quantitative estimate of drug-likeness (QED) is 0.493. The second kappa shape index (κ2) is 6.81. The highest BCUT2D eigenvalue weighted by atomic mass is 19.3. The molecule has 0 spiro atoms. The van der Waals surface area contributed by atoms with Crippen LogP contribution in [0.25, 0.3) is 28.2 Å². The van der Waals surface area contributed by atoms with Gasteiger partial charge in [-0.2, -0.15) is 5.26 Å². The van der Waals surface area contributed by atoms with Gasteiger partial charge >= 0.3 is 0 Å². The number of nitriles is 1. The topological polar surface area (TPSA) is 58.9 Å². The SMILES string of the molecule is N#Cc1cnc2ccc(-c3c(-c4ccc(F)cc4F)ncn3CC(F)F)cn12. The lowest BCUT2D eigenvalue weighted by atomic mass is 10.1. The molecule has 1 aromatic carbocycles. The number of aromatic nitrogens is 4. The second-order valence-electron chi connectivity index (χ2n) is 6.01. The van der Waals surface area contributed by atoms with Crippen LogP contribution < -0.4 is 0 Å². The molecule has 4 rings (SSSR count). The molecule has 0 saturated heterocycles. The maximum absolute atomic E-state index is 14.3. The third-order valence-corrected chi connectivity index (χ3v) is 4.25. The zero-order valence-corrected chi connectivity index (χ0v) is 14.2. The summed E-state index contributed by atoms with van der Waals surface area (Å²) in [6, 6.07) is 8.20. The first-order valence-electron chi connectivity index (χ1n) is 8.14. The van der Waals surface area contributed by atoms with Gasteiger partial charge in [0.25, 0.3) is 6.43 Å². The molecule has 0 radical (unpaired) electrons. The summed E-state index contributed by atoms with van der Waals surface area (Å²) >= 11 is 0. The van der Waals surface area contributed by atoms with Crippen LogP contribution in [0.3, 0.4) is 0 Å². The summed E-state index contributed by atoms with van der Waals surface area (Å²) in [5.41, 5.74) is 1.48. The predicted molar refractivity (Wildman–Crippen MR) is 92.5 cm³/mol. The molecule has 5 nitrogen and oxygen atoms in total. The molecule has 28 heavy (non-hydrogen) atoms. The minimum Gasteiger partial charge on any atom is -0.324 e. The van der Waals surface area contributed by atoms with Crippen LogP contribution in [0.1, 0.15) is 5.69 Å². The Bertz CT molecular complexity index is 1220. The van der Waals surface area contributed by atoms with Crippen LogP contribution >= 0.6 is 0 Å². The number of benzene rings is 1. The molecule has 0 N–H and O–H groups in total. The average molecular weight is 385 g/mol.